The van der Waals surface area contributed by atoms with E-state index in [1.165, 1.54) is 0 Å². The Morgan fingerprint density at radius 3 is 2.50 bits per heavy atom. The van der Waals surface area contributed by atoms with Gasteiger partial charge in [0.15, 0.2) is 0 Å². The topological polar surface area (TPSA) is 0 Å². The molecule has 0 aromatic heterocycles. The number of allylic oxidation sites excluding steroid dienone is 6. The molecule has 0 fully saturated rings. The zero-order valence-corrected chi connectivity index (χ0v) is 11.4. The third kappa shape index (κ3) is 4.10. The molecule has 0 heterocycles. The van der Waals surface area contributed by atoms with Crippen LogP contribution in [0.15, 0.2) is 54.6 Å². The summed E-state index contributed by atoms with van der Waals surface area (Å²) in [5, 5.41) is -0.376. The SMILES string of the molecule is CC.[B]c1cccc(C2=CC=CC([B])(C)C=C2)c1. The van der Waals surface area contributed by atoms with Crippen LogP contribution in [0, 0.1) is 0 Å². The molecule has 18 heavy (non-hydrogen) atoms. The molecule has 0 N–H and O–H groups in total. The summed E-state index contributed by atoms with van der Waals surface area (Å²) in [4.78, 5) is 0. The van der Waals surface area contributed by atoms with Crippen molar-refractivity contribution in [1.29, 1.82) is 0 Å². The van der Waals surface area contributed by atoms with Crippen molar-refractivity contribution < 1.29 is 0 Å². The third-order valence-electron chi connectivity index (χ3n) is 2.57. The second-order valence-corrected chi connectivity index (χ2v) is 4.31. The first-order valence-electron chi connectivity index (χ1n) is 6.30. The predicted octanol–water partition coefficient (Wildman–Crippen LogP) is 3.36. The van der Waals surface area contributed by atoms with Gasteiger partial charge in [-0.05, 0) is 16.5 Å². The van der Waals surface area contributed by atoms with E-state index >= 15 is 0 Å². The molecule has 2 heteroatoms. The van der Waals surface area contributed by atoms with Crippen molar-refractivity contribution in [3.63, 3.8) is 0 Å². The maximum absolute atomic E-state index is 6.02. The van der Waals surface area contributed by atoms with Crippen molar-refractivity contribution in [2.24, 2.45) is 0 Å². The van der Waals surface area contributed by atoms with E-state index in [1.807, 2.05) is 75.4 Å². The van der Waals surface area contributed by atoms with Crippen molar-refractivity contribution in [2.45, 2.75) is 26.1 Å². The summed E-state index contributed by atoms with van der Waals surface area (Å²) in [6, 6.07) is 7.84. The Balaban J connectivity index is 0.000000771. The molecule has 1 atom stereocenters. The van der Waals surface area contributed by atoms with Crippen molar-refractivity contribution in [3.8, 4) is 0 Å². The van der Waals surface area contributed by atoms with Gasteiger partial charge in [-0.25, -0.2) is 0 Å². The first-order valence-corrected chi connectivity index (χ1v) is 6.30. The van der Waals surface area contributed by atoms with Gasteiger partial charge in [-0.15, -0.1) is 0 Å². The van der Waals surface area contributed by atoms with Crippen molar-refractivity contribution in [1.82, 2.24) is 0 Å². The molecule has 1 aromatic rings. The van der Waals surface area contributed by atoms with Crippen LogP contribution in [0.25, 0.3) is 5.57 Å². The van der Waals surface area contributed by atoms with Gasteiger partial charge >= 0.3 is 0 Å². The van der Waals surface area contributed by atoms with E-state index in [9.17, 15) is 0 Å². The fourth-order valence-corrected chi connectivity index (χ4v) is 1.65. The number of rotatable bonds is 1. The highest BCUT2D eigenvalue weighted by atomic mass is 14.1. The maximum Gasteiger partial charge on any atom is 0.113 e. The Kier molecular flexibility index (Phi) is 5.27. The van der Waals surface area contributed by atoms with Crippen molar-refractivity contribution in [2.75, 3.05) is 0 Å². The van der Waals surface area contributed by atoms with Gasteiger partial charge in [0.05, 0.1) is 7.85 Å². The lowest BCUT2D eigenvalue weighted by molar-refractivity contribution is 0.971. The van der Waals surface area contributed by atoms with Crippen LogP contribution in [0.2, 0.25) is 5.31 Å². The fourth-order valence-electron chi connectivity index (χ4n) is 1.65. The first kappa shape index (κ1) is 14.6. The van der Waals surface area contributed by atoms with Crippen LogP contribution >= 0.6 is 0 Å². The number of hydrogen-bond acceptors (Lipinski definition) is 0. The van der Waals surface area contributed by atoms with Gasteiger partial charge in [0, 0.05) is 0 Å². The summed E-state index contributed by atoms with van der Waals surface area (Å²) in [5.74, 6) is 0. The van der Waals surface area contributed by atoms with Gasteiger partial charge in [-0.1, -0.05) is 80.9 Å². The van der Waals surface area contributed by atoms with Crippen molar-refractivity contribution >= 4 is 26.7 Å². The minimum absolute atomic E-state index is 0.376. The molecule has 4 radical (unpaired) electrons. The van der Waals surface area contributed by atoms with E-state index in [0.29, 0.717) is 0 Å². The minimum Gasteiger partial charge on any atom is -0.0961 e. The molecule has 1 aromatic carbocycles. The van der Waals surface area contributed by atoms with E-state index in [-0.39, 0.29) is 5.31 Å². The molecule has 0 aliphatic heterocycles. The molecule has 0 saturated carbocycles. The molecule has 0 spiro atoms. The zero-order valence-electron chi connectivity index (χ0n) is 11.4. The van der Waals surface area contributed by atoms with Gasteiger partial charge in [-0.3, -0.25) is 0 Å². The van der Waals surface area contributed by atoms with Crippen molar-refractivity contribution in [3.05, 3.63) is 60.2 Å². The Morgan fingerprint density at radius 2 is 1.83 bits per heavy atom. The van der Waals surface area contributed by atoms with Crippen LogP contribution in [0.1, 0.15) is 26.3 Å². The average molecular weight is 232 g/mol. The predicted molar refractivity (Wildman–Crippen MR) is 83.6 cm³/mol. The molecule has 0 bridgehead atoms. The number of benzene rings is 1. The summed E-state index contributed by atoms with van der Waals surface area (Å²) in [6.45, 7) is 5.97. The highest BCUT2D eigenvalue weighted by molar-refractivity contribution is 6.32. The monoisotopic (exact) mass is 232 g/mol. The molecule has 88 valence electrons. The summed E-state index contributed by atoms with van der Waals surface area (Å²) in [6.07, 6.45) is 10.0. The van der Waals surface area contributed by atoms with Crippen LogP contribution in [0.4, 0.5) is 0 Å². The lowest BCUT2D eigenvalue weighted by Crippen LogP contribution is -2.01. The molecule has 0 nitrogen and oxygen atoms in total. The smallest absolute Gasteiger partial charge is 0.0961 e. The Hall–Kier alpha value is -1.43. The van der Waals surface area contributed by atoms with Gasteiger partial charge in [0.25, 0.3) is 0 Å². The Labute approximate surface area is 113 Å². The second kappa shape index (κ2) is 6.49. The van der Waals surface area contributed by atoms with Crippen LogP contribution in [-0.4, -0.2) is 15.7 Å². The fraction of sp³-hybridized carbons (Fsp3) is 0.250. The Bertz CT molecular complexity index is 480. The summed E-state index contributed by atoms with van der Waals surface area (Å²) in [7, 11) is 11.8. The molecular weight excluding hydrogens is 214 g/mol. The largest absolute Gasteiger partial charge is 0.113 e. The lowest BCUT2D eigenvalue weighted by atomic mass is 9.70. The van der Waals surface area contributed by atoms with Crippen LogP contribution in [-0.2, 0) is 0 Å². The molecule has 2 rings (SSSR count). The van der Waals surface area contributed by atoms with E-state index in [0.717, 1.165) is 16.6 Å². The summed E-state index contributed by atoms with van der Waals surface area (Å²) < 4.78 is 0. The van der Waals surface area contributed by atoms with Crippen LogP contribution in [0.5, 0.6) is 0 Å². The lowest BCUT2D eigenvalue weighted by Gasteiger charge is -2.13. The molecule has 1 unspecified atom stereocenters. The maximum atomic E-state index is 6.02. The molecule has 1 aliphatic rings. The molecule has 0 saturated heterocycles. The van der Waals surface area contributed by atoms with Gasteiger partial charge in [-0.2, -0.15) is 0 Å². The average Bonchev–Trinajstić information content (AvgIpc) is 2.53. The van der Waals surface area contributed by atoms with Crippen LogP contribution < -0.4 is 5.46 Å². The summed E-state index contributed by atoms with van der Waals surface area (Å²) >= 11 is 0. The third-order valence-corrected chi connectivity index (χ3v) is 2.57. The quantitative estimate of drug-likeness (QED) is 0.651. The second-order valence-electron chi connectivity index (χ2n) is 4.31. The van der Waals surface area contributed by atoms with E-state index in [4.69, 9.17) is 15.7 Å². The van der Waals surface area contributed by atoms with E-state index < -0.39 is 0 Å². The zero-order chi connectivity index (χ0) is 13.6. The molecule has 0 amide bonds. The summed E-state index contributed by atoms with van der Waals surface area (Å²) in [5.41, 5.74) is 3.01. The Morgan fingerprint density at radius 1 is 1.11 bits per heavy atom. The standard InChI is InChI=1S/C14H12B2.C2H6/c1-14(16)8-3-5-11(7-9-14)12-4-2-6-13(15)10-12;1-2/h2-10H,1H3;1-2H3. The highest BCUT2D eigenvalue weighted by Gasteiger charge is 2.10. The van der Waals surface area contributed by atoms with Gasteiger partial charge in [0.2, 0.25) is 0 Å². The van der Waals surface area contributed by atoms with E-state index in [1.54, 1.807) is 0 Å². The minimum atomic E-state index is -0.376. The van der Waals surface area contributed by atoms with Crippen LogP contribution in [0.3, 0.4) is 0 Å². The highest BCUT2D eigenvalue weighted by Crippen LogP contribution is 2.29. The molecular formula is C16H18B2. The van der Waals surface area contributed by atoms with Gasteiger partial charge < -0.3 is 0 Å². The normalized spacial score (nSPS) is 21.6. The van der Waals surface area contributed by atoms with E-state index in [2.05, 4.69) is 0 Å². The van der Waals surface area contributed by atoms with Gasteiger partial charge in [0.1, 0.15) is 7.85 Å². The first-order chi connectivity index (χ1) is 8.57. The molecule has 1 aliphatic carbocycles. The number of hydrogen-bond donors (Lipinski definition) is 0.